The highest BCUT2D eigenvalue weighted by atomic mass is 19.4. The highest BCUT2D eigenvalue weighted by Crippen LogP contribution is 2.32. The van der Waals surface area contributed by atoms with E-state index >= 15 is 0 Å². The van der Waals surface area contributed by atoms with Gasteiger partial charge in [0.25, 0.3) is 11.5 Å². The molecule has 1 amide bonds. The highest BCUT2D eigenvalue weighted by molar-refractivity contribution is 6.00. The van der Waals surface area contributed by atoms with Crippen LogP contribution < -0.4 is 15.4 Å². The molecule has 0 aliphatic heterocycles. The second kappa shape index (κ2) is 12.5. The minimum atomic E-state index is -4.63. The lowest BCUT2D eigenvalue weighted by Crippen LogP contribution is -2.42. The number of pyridine rings is 1. The number of benzene rings is 2. The zero-order chi connectivity index (χ0) is 32.4. The molecule has 0 saturated heterocycles. The van der Waals surface area contributed by atoms with Crippen LogP contribution in [0.15, 0.2) is 96.2 Å². The molecule has 1 saturated carbocycles. The molecule has 3 aromatic heterocycles. The molecule has 0 spiro atoms. The van der Waals surface area contributed by atoms with E-state index in [9.17, 15) is 28.0 Å². The Kier molecular flexibility index (Phi) is 8.32. The maximum absolute atomic E-state index is 14.1. The summed E-state index contributed by atoms with van der Waals surface area (Å²) in [5.41, 5.74) is -0.324. The molecule has 0 atom stereocenters. The minimum absolute atomic E-state index is 0.0361. The van der Waals surface area contributed by atoms with Crippen molar-refractivity contribution in [3.05, 3.63) is 118 Å². The predicted octanol–water partition coefficient (Wildman–Crippen LogP) is 5.20. The van der Waals surface area contributed by atoms with Crippen LogP contribution >= 0.6 is 0 Å². The molecular weight excluding hydrogens is 595 g/mol. The first kappa shape index (κ1) is 30.6. The third-order valence-corrected chi connectivity index (χ3v) is 8.47. The number of aromatic nitrogens is 5. The second-order valence-electron chi connectivity index (χ2n) is 11.5. The Bertz CT molecular complexity index is 1960. The minimum Gasteiger partial charge on any atom is -0.349 e. The van der Waals surface area contributed by atoms with Crippen molar-refractivity contribution in [3.8, 4) is 28.8 Å². The molecule has 2 aromatic carbocycles. The summed E-state index contributed by atoms with van der Waals surface area (Å²) in [5, 5.41) is 16.7. The van der Waals surface area contributed by atoms with E-state index in [1.807, 2.05) is 30.6 Å². The fourth-order valence-corrected chi connectivity index (χ4v) is 6.17. The van der Waals surface area contributed by atoms with Crippen molar-refractivity contribution < 1.29 is 22.5 Å². The molecule has 0 radical (unpaired) electrons. The largest absolute Gasteiger partial charge is 0.416 e. The number of alkyl halides is 3. The van der Waals surface area contributed by atoms with Gasteiger partial charge in [-0.05, 0) is 74.2 Å². The van der Waals surface area contributed by atoms with Gasteiger partial charge in [0, 0.05) is 31.1 Å². The normalized spacial score (nSPS) is 16.6. The lowest BCUT2D eigenvalue weighted by molar-refractivity contribution is -0.703. The first-order chi connectivity index (χ1) is 22.1. The molecule has 3 heterocycles. The first-order valence-electron chi connectivity index (χ1n) is 14.9. The molecule has 12 heteroatoms. The Balaban J connectivity index is 1.37. The predicted molar refractivity (Wildman–Crippen MR) is 163 cm³/mol. The van der Waals surface area contributed by atoms with E-state index in [2.05, 4.69) is 21.1 Å². The van der Waals surface area contributed by atoms with E-state index in [-0.39, 0.29) is 23.0 Å². The SMILES string of the molecule is Cn1c(-c2ccnn2-c2ccc(C#N)cc2)c(C(=O)N[C@H]2CC[C@H](C[n+]3ccccc3)CC2)c(=O)n1-c1cccc(C(F)(F)F)c1. The standard InChI is InChI=1S/C34H30F3N7O2/c1-41-31(29-16-17-39-43(29)27-14-10-23(21-38)11-15-27)30(33(46)44(41)28-7-5-6-25(20-28)34(35,36)37)32(45)40-26-12-8-24(9-13-26)22-42-18-3-2-4-19-42/h2-7,10-11,14-20,24,26H,8-9,12-13,22H2,1H3/p+1/t24-,26-. The summed E-state index contributed by atoms with van der Waals surface area (Å²) in [6, 6.07) is 20.5. The summed E-state index contributed by atoms with van der Waals surface area (Å²) in [7, 11) is 1.52. The maximum atomic E-state index is 14.1. The number of halogens is 3. The number of rotatable bonds is 7. The Labute approximate surface area is 262 Å². The summed E-state index contributed by atoms with van der Waals surface area (Å²) in [6.45, 7) is 0.880. The van der Waals surface area contributed by atoms with Gasteiger partial charge in [-0.3, -0.25) is 14.3 Å². The molecule has 234 valence electrons. The Hall–Kier alpha value is -5.44. The van der Waals surface area contributed by atoms with E-state index in [1.165, 1.54) is 34.7 Å². The van der Waals surface area contributed by atoms with Gasteiger partial charge in [0.05, 0.1) is 40.5 Å². The smallest absolute Gasteiger partial charge is 0.349 e. The average molecular weight is 627 g/mol. The van der Waals surface area contributed by atoms with Gasteiger partial charge in [0.2, 0.25) is 0 Å². The number of nitrogens with one attached hydrogen (secondary N) is 1. The van der Waals surface area contributed by atoms with Gasteiger partial charge in [0.1, 0.15) is 11.3 Å². The summed E-state index contributed by atoms with van der Waals surface area (Å²) in [4.78, 5) is 28.1. The van der Waals surface area contributed by atoms with Crippen LogP contribution in [0.2, 0.25) is 0 Å². The van der Waals surface area contributed by atoms with Crippen LogP contribution in [0.1, 0.15) is 47.2 Å². The van der Waals surface area contributed by atoms with Crippen molar-refractivity contribution in [2.24, 2.45) is 13.0 Å². The van der Waals surface area contributed by atoms with Crippen LogP contribution in [0.3, 0.4) is 0 Å². The Morgan fingerprint density at radius 1 is 1.00 bits per heavy atom. The number of carbonyl (C=O) groups excluding carboxylic acids is 1. The molecule has 0 bridgehead atoms. The number of carbonyl (C=O) groups is 1. The summed E-state index contributed by atoms with van der Waals surface area (Å²) in [5.74, 6) is -0.150. The molecular formula is C34H31F3N7O2+. The molecule has 1 aliphatic rings. The van der Waals surface area contributed by atoms with Gasteiger partial charge in [0.15, 0.2) is 18.9 Å². The molecule has 46 heavy (non-hydrogen) atoms. The second-order valence-corrected chi connectivity index (χ2v) is 11.5. The molecule has 6 rings (SSSR count). The summed E-state index contributed by atoms with van der Waals surface area (Å²) < 4.78 is 47.0. The maximum Gasteiger partial charge on any atom is 0.416 e. The Morgan fingerprint density at radius 3 is 2.39 bits per heavy atom. The molecule has 5 aromatic rings. The van der Waals surface area contributed by atoms with Gasteiger partial charge in [-0.25, -0.2) is 13.9 Å². The zero-order valence-electron chi connectivity index (χ0n) is 25.0. The van der Waals surface area contributed by atoms with Gasteiger partial charge in [-0.2, -0.15) is 23.5 Å². The van der Waals surface area contributed by atoms with Crippen molar-refractivity contribution in [2.45, 2.75) is 44.4 Å². The number of hydrogen-bond donors (Lipinski definition) is 1. The van der Waals surface area contributed by atoms with Crippen molar-refractivity contribution in [1.29, 1.82) is 5.26 Å². The van der Waals surface area contributed by atoms with E-state index in [0.29, 0.717) is 22.9 Å². The van der Waals surface area contributed by atoms with Crippen LogP contribution in [0.4, 0.5) is 13.2 Å². The van der Waals surface area contributed by atoms with E-state index < -0.39 is 23.2 Å². The van der Waals surface area contributed by atoms with Gasteiger partial charge in [-0.15, -0.1) is 0 Å². The van der Waals surface area contributed by atoms with Gasteiger partial charge < -0.3 is 5.32 Å². The third-order valence-electron chi connectivity index (χ3n) is 8.47. The molecule has 1 aliphatic carbocycles. The fourth-order valence-electron chi connectivity index (χ4n) is 6.17. The van der Waals surface area contributed by atoms with E-state index in [4.69, 9.17) is 0 Å². The third kappa shape index (κ3) is 6.08. The topological polar surface area (TPSA) is 102 Å². The van der Waals surface area contributed by atoms with Crippen molar-refractivity contribution in [1.82, 2.24) is 24.5 Å². The van der Waals surface area contributed by atoms with Crippen LogP contribution in [-0.4, -0.2) is 31.1 Å². The lowest BCUT2D eigenvalue weighted by atomic mass is 9.85. The van der Waals surface area contributed by atoms with Crippen LogP contribution in [0.5, 0.6) is 0 Å². The molecule has 1 N–H and O–H groups in total. The zero-order valence-corrected chi connectivity index (χ0v) is 25.0. The highest BCUT2D eigenvalue weighted by Gasteiger charge is 2.33. The van der Waals surface area contributed by atoms with Crippen molar-refractivity contribution >= 4 is 5.91 Å². The van der Waals surface area contributed by atoms with Crippen LogP contribution in [0.25, 0.3) is 22.8 Å². The fraction of sp³-hybridized carbons (Fsp3) is 0.265. The number of amides is 1. The number of nitriles is 1. The molecule has 0 unspecified atom stereocenters. The summed E-state index contributed by atoms with van der Waals surface area (Å²) >= 11 is 0. The van der Waals surface area contributed by atoms with Gasteiger partial charge >= 0.3 is 6.18 Å². The Morgan fingerprint density at radius 2 is 1.72 bits per heavy atom. The van der Waals surface area contributed by atoms with Crippen molar-refractivity contribution in [3.63, 3.8) is 0 Å². The lowest BCUT2D eigenvalue weighted by Gasteiger charge is -2.27. The summed E-state index contributed by atoms with van der Waals surface area (Å²) in [6.07, 6.45) is 4.20. The first-order valence-corrected chi connectivity index (χ1v) is 14.9. The molecule has 9 nitrogen and oxygen atoms in total. The monoisotopic (exact) mass is 626 g/mol. The number of hydrogen-bond acceptors (Lipinski definition) is 4. The number of nitrogens with zero attached hydrogens (tertiary/aromatic N) is 6. The quantitative estimate of drug-likeness (QED) is 0.251. The van der Waals surface area contributed by atoms with Crippen LogP contribution in [-0.2, 0) is 19.8 Å². The van der Waals surface area contributed by atoms with Crippen molar-refractivity contribution in [2.75, 3.05) is 0 Å². The van der Waals surface area contributed by atoms with Crippen LogP contribution in [0, 0.1) is 17.2 Å². The van der Waals surface area contributed by atoms with E-state index in [0.717, 1.165) is 49.0 Å². The molecule has 1 fully saturated rings. The average Bonchev–Trinajstić information content (AvgIpc) is 3.63. The van der Waals surface area contributed by atoms with E-state index in [1.54, 1.807) is 30.3 Å². The van der Waals surface area contributed by atoms with Gasteiger partial charge in [-0.1, -0.05) is 12.1 Å².